The molecule has 2 N–H and O–H groups in total. The Labute approximate surface area is 105 Å². The molecule has 3 nitrogen and oxygen atoms in total. The highest BCUT2D eigenvalue weighted by molar-refractivity contribution is 5.94. The summed E-state index contributed by atoms with van der Waals surface area (Å²) < 4.78 is 26.0. The van der Waals surface area contributed by atoms with Crippen molar-refractivity contribution in [2.45, 2.75) is 13.0 Å². The normalized spacial score (nSPS) is 11.5. The minimum Gasteiger partial charge on any atom is -0.350 e. The molecule has 1 rings (SSSR count). The third-order valence-electron chi connectivity index (χ3n) is 2.23. The van der Waals surface area contributed by atoms with E-state index in [1.807, 2.05) is 6.92 Å². The minimum absolute atomic E-state index is 0. The lowest BCUT2D eigenvalue weighted by Gasteiger charge is -2.11. The lowest BCUT2D eigenvalue weighted by molar-refractivity contribution is 0.0946. The van der Waals surface area contributed by atoms with Gasteiger partial charge < -0.3 is 10.6 Å². The number of hydrogen-bond donors (Lipinski definition) is 2. The number of amides is 1. The summed E-state index contributed by atoms with van der Waals surface area (Å²) in [5, 5.41) is 5.42. The number of halogens is 3. The van der Waals surface area contributed by atoms with Gasteiger partial charge in [0.1, 0.15) is 11.6 Å². The van der Waals surface area contributed by atoms with Gasteiger partial charge in [0.25, 0.3) is 5.91 Å². The Morgan fingerprint density at radius 2 is 2.06 bits per heavy atom. The van der Waals surface area contributed by atoms with Crippen molar-refractivity contribution in [2.75, 3.05) is 13.6 Å². The van der Waals surface area contributed by atoms with Crippen molar-refractivity contribution >= 4 is 18.3 Å². The topological polar surface area (TPSA) is 41.1 Å². The van der Waals surface area contributed by atoms with Gasteiger partial charge in [-0.3, -0.25) is 4.79 Å². The third-order valence-corrected chi connectivity index (χ3v) is 2.23. The van der Waals surface area contributed by atoms with Crippen LogP contribution < -0.4 is 10.6 Å². The molecule has 0 bridgehead atoms. The van der Waals surface area contributed by atoms with E-state index in [0.717, 1.165) is 18.2 Å². The van der Waals surface area contributed by atoms with Gasteiger partial charge in [0, 0.05) is 12.6 Å². The molecule has 0 saturated carbocycles. The van der Waals surface area contributed by atoms with E-state index in [9.17, 15) is 13.6 Å². The first-order valence-corrected chi connectivity index (χ1v) is 4.95. The molecule has 1 atom stereocenters. The average Bonchev–Trinajstić information content (AvgIpc) is 2.28. The van der Waals surface area contributed by atoms with Crippen molar-refractivity contribution in [2.24, 2.45) is 0 Å². The smallest absolute Gasteiger partial charge is 0.254 e. The fraction of sp³-hybridized carbons (Fsp3) is 0.364. The summed E-state index contributed by atoms with van der Waals surface area (Å²) in [6.45, 7) is 2.22. The molecular formula is C11H15ClF2N2O. The second kappa shape index (κ2) is 7.19. The lowest BCUT2D eigenvalue weighted by Crippen LogP contribution is -2.37. The number of carbonyl (C=O) groups is 1. The number of likely N-dealkylation sites (N-methyl/N-ethyl adjacent to an activating group) is 1. The van der Waals surface area contributed by atoms with Gasteiger partial charge in [-0.05, 0) is 32.2 Å². The van der Waals surface area contributed by atoms with E-state index >= 15 is 0 Å². The van der Waals surface area contributed by atoms with Gasteiger partial charge in [-0.25, -0.2) is 8.78 Å². The summed E-state index contributed by atoms with van der Waals surface area (Å²) in [5.41, 5.74) is -0.275. The van der Waals surface area contributed by atoms with E-state index in [1.165, 1.54) is 0 Å². The van der Waals surface area contributed by atoms with Gasteiger partial charge in [0.15, 0.2) is 0 Å². The molecule has 6 heteroatoms. The standard InChI is InChI=1S/C11H14F2N2O.ClH/c1-7(14-2)6-15-11(16)9-5-8(12)3-4-10(9)13;/h3-5,7,14H,6H2,1-2H3,(H,15,16);1H. The van der Waals surface area contributed by atoms with Crippen LogP contribution in [-0.2, 0) is 0 Å². The summed E-state index contributed by atoms with van der Waals surface area (Å²) in [7, 11) is 1.75. The van der Waals surface area contributed by atoms with Crippen LogP contribution in [0.3, 0.4) is 0 Å². The fourth-order valence-corrected chi connectivity index (χ4v) is 1.11. The Bertz CT molecular complexity index is 388. The average molecular weight is 265 g/mol. The molecule has 1 amide bonds. The molecule has 0 aromatic heterocycles. The maximum absolute atomic E-state index is 13.2. The van der Waals surface area contributed by atoms with Gasteiger partial charge in [-0.2, -0.15) is 0 Å². The molecular weight excluding hydrogens is 250 g/mol. The van der Waals surface area contributed by atoms with Gasteiger partial charge >= 0.3 is 0 Å². The van der Waals surface area contributed by atoms with Gasteiger partial charge in [0.2, 0.25) is 0 Å². The summed E-state index contributed by atoms with van der Waals surface area (Å²) in [6, 6.07) is 2.86. The summed E-state index contributed by atoms with van der Waals surface area (Å²) >= 11 is 0. The van der Waals surface area contributed by atoms with Crippen LogP contribution in [-0.4, -0.2) is 25.5 Å². The minimum atomic E-state index is -0.726. The highest BCUT2D eigenvalue weighted by Crippen LogP contribution is 2.09. The number of hydrogen-bond acceptors (Lipinski definition) is 2. The van der Waals surface area contributed by atoms with Crippen LogP contribution in [0.1, 0.15) is 17.3 Å². The Balaban J connectivity index is 0.00000256. The Morgan fingerprint density at radius 3 is 2.65 bits per heavy atom. The Kier molecular flexibility index (Phi) is 6.68. The van der Waals surface area contributed by atoms with Crippen LogP contribution in [0.15, 0.2) is 18.2 Å². The monoisotopic (exact) mass is 264 g/mol. The molecule has 0 aliphatic rings. The molecule has 0 aliphatic heterocycles. The summed E-state index contributed by atoms with van der Waals surface area (Å²) in [4.78, 5) is 11.5. The van der Waals surface area contributed by atoms with E-state index in [4.69, 9.17) is 0 Å². The van der Waals surface area contributed by atoms with Crippen molar-refractivity contribution in [3.8, 4) is 0 Å². The molecule has 1 aromatic carbocycles. The Hall–Kier alpha value is -1.20. The van der Waals surface area contributed by atoms with E-state index in [1.54, 1.807) is 7.05 Å². The first-order valence-electron chi connectivity index (χ1n) is 4.95. The van der Waals surface area contributed by atoms with Crippen LogP contribution in [0.4, 0.5) is 8.78 Å². The maximum atomic E-state index is 13.2. The second-order valence-electron chi connectivity index (χ2n) is 3.52. The highest BCUT2D eigenvalue weighted by atomic mass is 35.5. The molecule has 0 fully saturated rings. The molecule has 0 heterocycles. The van der Waals surface area contributed by atoms with Crippen LogP contribution in [0.2, 0.25) is 0 Å². The van der Waals surface area contributed by atoms with Crippen molar-refractivity contribution in [1.29, 1.82) is 0 Å². The predicted octanol–water partition coefficient (Wildman–Crippen LogP) is 1.72. The predicted molar refractivity (Wildman–Crippen MR) is 64.5 cm³/mol. The second-order valence-corrected chi connectivity index (χ2v) is 3.52. The fourth-order valence-electron chi connectivity index (χ4n) is 1.11. The molecule has 0 spiro atoms. The van der Waals surface area contributed by atoms with E-state index in [0.29, 0.717) is 6.54 Å². The number of benzene rings is 1. The van der Waals surface area contributed by atoms with Gasteiger partial charge in [0.05, 0.1) is 5.56 Å². The number of rotatable bonds is 4. The zero-order valence-corrected chi connectivity index (χ0v) is 10.4. The van der Waals surface area contributed by atoms with Crippen molar-refractivity contribution in [3.05, 3.63) is 35.4 Å². The van der Waals surface area contributed by atoms with Crippen LogP contribution in [0.5, 0.6) is 0 Å². The van der Waals surface area contributed by atoms with Crippen LogP contribution >= 0.6 is 12.4 Å². The number of carbonyl (C=O) groups excluding carboxylic acids is 1. The zero-order chi connectivity index (χ0) is 12.1. The molecule has 1 aromatic rings. The van der Waals surface area contributed by atoms with Crippen LogP contribution in [0, 0.1) is 11.6 Å². The van der Waals surface area contributed by atoms with Gasteiger partial charge in [-0.1, -0.05) is 0 Å². The zero-order valence-electron chi connectivity index (χ0n) is 9.59. The quantitative estimate of drug-likeness (QED) is 0.870. The molecule has 17 heavy (non-hydrogen) atoms. The third kappa shape index (κ3) is 4.66. The van der Waals surface area contributed by atoms with E-state index in [-0.39, 0.29) is 24.0 Å². The number of nitrogens with one attached hydrogen (secondary N) is 2. The van der Waals surface area contributed by atoms with Crippen molar-refractivity contribution < 1.29 is 13.6 Å². The highest BCUT2D eigenvalue weighted by Gasteiger charge is 2.12. The maximum Gasteiger partial charge on any atom is 0.254 e. The Morgan fingerprint density at radius 1 is 1.41 bits per heavy atom. The van der Waals surface area contributed by atoms with E-state index in [2.05, 4.69) is 10.6 Å². The lowest BCUT2D eigenvalue weighted by atomic mass is 10.2. The molecule has 0 saturated heterocycles. The molecule has 1 unspecified atom stereocenters. The largest absolute Gasteiger partial charge is 0.350 e. The first kappa shape index (κ1) is 15.8. The first-order chi connectivity index (χ1) is 7.54. The summed E-state index contributed by atoms with van der Waals surface area (Å²) in [5.74, 6) is -1.97. The van der Waals surface area contributed by atoms with Gasteiger partial charge in [-0.15, -0.1) is 12.4 Å². The molecule has 96 valence electrons. The van der Waals surface area contributed by atoms with Crippen LogP contribution in [0.25, 0.3) is 0 Å². The van der Waals surface area contributed by atoms with E-state index < -0.39 is 17.5 Å². The van der Waals surface area contributed by atoms with Crippen molar-refractivity contribution in [3.63, 3.8) is 0 Å². The molecule has 0 radical (unpaired) electrons. The summed E-state index contributed by atoms with van der Waals surface area (Å²) in [6.07, 6.45) is 0. The van der Waals surface area contributed by atoms with Crippen molar-refractivity contribution in [1.82, 2.24) is 10.6 Å². The molecule has 0 aliphatic carbocycles. The SMILES string of the molecule is CNC(C)CNC(=O)c1cc(F)ccc1F.Cl.